The number of fused-ring (bicyclic) bond motifs is 1. The van der Waals surface area contributed by atoms with E-state index in [1.807, 2.05) is 0 Å². The summed E-state index contributed by atoms with van der Waals surface area (Å²) in [5.74, 6) is 1.34. The Balaban J connectivity index is 2.02. The fraction of sp³-hybridized carbons (Fsp3) is 0.667. The summed E-state index contributed by atoms with van der Waals surface area (Å²) in [7, 11) is 0. The molecule has 1 aromatic rings. The van der Waals surface area contributed by atoms with Crippen LogP contribution in [-0.4, -0.2) is 15.7 Å². The number of nitrogens with one attached hydrogen (secondary N) is 1. The summed E-state index contributed by atoms with van der Waals surface area (Å²) in [6.07, 6.45) is -1.36. The van der Waals surface area contributed by atoms with Gasteiger partial charge in [0, 0.05) is 18.7 Å². The molecule has 2 aliphatic rings. The van der Waals surface area contributed by atoms with Crippen LogP contribution in [-0.2, 0) is 19.3 Å². The average Bonchev–Trinajstić information content (AvgIpc) is 2.85. The van der Waals surface area contributed by atoms with E-state index < -0.39 is 11.9 Å². The highest BCUT2D eigenvalue weighted by molar-refractivity contribution is 7.99. The number of alkyl halides is 3. The van der Waals surface area contributed by atoms with Gasteiger partial charge >= 0.3 is 6.18 Å². The van der Waals surface area contributed by atoms with Crippen LogP contribution in [0.25, 0.3) is 0 Å². The lowest BCUT2D eigenvalue weighted by atomic mass is 10.1. The molecule has 2 aliphatic heterocycles. The summed E-state index contributed by atoms with van der Waals surface area (Å²) in [5, 5.41) is 2.94. The van der Waals surface area contributed by atoms with Gasteiger partial charge in [0.25, 0.3) is 0 Å². The van der Waals surface area contributed by atoms with E-state index in [2.05, 4.69) is 15.3 Å². The maximum atomic E-state index is 13.1. The molecule has 1 atom stereocenters. The van der Waals surface area contributed by atoms with Crippen molar-refractivity contribution in [3.05, 3.63) is 22.8 Å². The summed E-state index contributed by atoms with van der Waals surface area (Å²) >= 11 is 1.67. The molecule has 0 saturated carbocycles. The van der Waals surface area contributed by atoms with Crippen molar-refractivity contribution in [3.8, 4) is 0 Å². The fourth-order valence-corrected chi connectivity index (χ4v) is 3.75. The van der Waals surface area contributed by atoms with Crippen molar-refractivity contribution in [2.24, 2.45) is 0 Å². The molecule has 0 amide bonds. The largest absolute Gasteiger partial charge is 0.433 e. The lowest BCUT2D eigenvalue weighted by Crippen LogP contribution is -2.17. The summed E-state index contributed by atoms with van der Waals surface area (Å²) < 4.78 is 39.2. The van der Waals surface area contributed by atoms with Gasteiger partial charge in [-0.2, -0.15) is 24.9 Å². The molecule has 19 heavy (non-hydrogen) atoms. The van der Waals surface area contributed by atoms with Crippen LogP contribution < -0.4 is 5.32 Å². The van der Waals surface area contributed by atoms with Crippen molar-refractivity contribution in [3.63, 3.8) is 0 Å². The zero-order valence-corrected chi connectivity index (χ0v) is 11.1. The minimum absolute atomic E-state index is 0.0146. The third kappa shape index (κ3) is 2.58. The highest BCUT2D eigenvalue weighted by Gasteiger charge is 2.39. The Bertz CT molecular complexity index is 484. The first-order valence-electron chi connectivity index (χ1n) is 6.35. The number of aromatic nitrogens is 2. The SMILES string of the molecule is FC(F)(F)c1nc(C2CCCCS2)nc2c1CNC2. The van der Waals surface area contributed by atoms with Gasteiger partial charge in [-0.15, -0.1) is 0 Å². The number of hydrogen-bond donors (Lipinski definition) is 1. The van der Waals surface area contributed by atoms with Gasteiger partial charge in [0.05, 0.1) is 10.9 Å². The quantitative estimate of drug-likeness (QED) is 0.862. The fourth-order valence-electron chi connectivity index (χ4n) is 2.51. The predicted octanol–water partition coefficient (Wildman–Crippen LogP) is 3.06. The third-order valence-corrected chi connectivity index (χ3v) is 4.81. The second kappa shape index (κ2) is 4.94. The normalized spacial score (nSPS) is 23.4. The van der Waals surface area contributed by atoms with Crippen LogP contribution in [0.1, 0.15) is 47.3 Å². The molecule has 1 aromatic heterocycles. The van der Waals surface area contributed by atoms with Gasteiger partial charge in [0.15, 0.2) is 5.69 Å². The molecule has 1 N–H and O–H groups in total. The van der Waals surface area contributed by atoms with Crippen molar-refractivity contribution in [1.82, 2.24) is 15.3 Å². The molecule has 104 valence electrons. The van der Waals surface area contributed by atoms with Gasteiger partial charge in [-0.25, -0.2) is 9.97 Å². The Labute approximate surface area is 113 Å². The zero-order valence-electron chi connectivity index (χ0n) is 10.3. The van der Waals surface area contributed by atoms with E-state index in [1.54, 1.807) is 11.8 Å². The topological polar surface area (TPSA) is 37.8 Å². The van der Waals surface area contributed by atoms with Crippen LogP contribution in [0.15, 0.2) is 0 Å². The second-order valence-corrected chi connectivity index (χ2v) is 6.12. The van der Waals surface area contributed by atoms with Crippen LogP contribution in [0, 0.1) is 0 Å². The van der Waals surface area contributed by atoms with Crippen LogP contribution in [0.4, 0.5) is 13.2 Å². The molecular weight excluding hydrogens is 275 g/mol. The molecule has 0 aliphatic carbocycles. The Morgan fingerprint density at radius 3 is 2.68 bits per heavy atom. The zero-order chi connectivity index (χ0) is 13.5. The molecule has 1 unspecified atom stereocenters. The molecule has 0 aromatic carbocycles. The van der Waals surface area contributed by atoms with Crippen LogP contribution in [0.3, 0.4) is 0 Å². The first-order chi connectivity index (χ1) is 9.05. The standard InChI is InChI=1S/C12H14F3N3S/c13-12(14,15)10-7-5-16-6-8(7)17-11(18-10)9-3-1-2-4-19-9/h9,16H,1-6H2. The first kappa shape index (κ1) is 13.2. The van der Waals surface area contributed by atoms with Gasteiger partial charge in [0.1, 0.15) is 5.82 Å². The first-order valence-corrected chi connectivity index (χ1v) is 7.40. The van der Waals surface area contributed by atoms with Gasteiger partial charge in [-0.3, -0.25) is 0 Å². The van der Waals surface area contributed by atoms with Gasteiger partial charge in [-0.1, -0.05) is 6.42 Å². The maximum absolute atomic E-state index is 13.1. The van der Waals surface area contributed by atoms with Gasteiger partial charge in [0.2, 0.25) is 0 Å². The van der Waals surface area contributed by atoms with Crippen LogP contribution >= 0.6 is 11.8 Å². The number of hydrogen-bond acceptors (Lipinski definition) is 4. The number of halogens is 3. The molecular formula is C12H14F3N3S. The molecule has 0 spiro atoms. The predicted molar refractivity (Wildman–Crippen MR) is 66.6 cm³/mol. The van der Waals surface area contributed by atoms with E-state index in [0.29, 0.717) is 18.1 Å². The lowest BCUT2D eigenvalue weighted by molar-refractivity contribution is -0.142. The van der Waals surface area contributed by atoms with Crippen molar-refractivity contribution >= 4 is 11.8 Å². The summed E-state index contributed by atoms with van der Waals surface area (Å²) in [4.78, 5) is 8.20. The second-order valence-electron chi connectivity index (χ2n) is 4.81. The van der Waals surface area contributed by atoms with Crippen LogP contribution in [0.2, 0.25) is 0 Å². The molecule has 3 heterocycles. The third-order valence-electron chi connectivity index (χ3n) is 3.44. The van der Waals surface area contributed by atoms with E-state index in [0.717, 1.165) is 25.0 Å². The molecule has 0 bridgehead atoms. The number of rotatable bonds is 1. The van der Waals surface area contributed by atoms with Crippen molar-refractivity contribution < 1.29 is 13.2 Å². The Hall–Kier alpha value is -0.820. The van der Waals surface area contributed by atoms with E-state index in [4.69, 9.17) is 0 Å². The molecule has 1 saturated heterocycles. The molecule has 1 fully saturated rings. The molecule has 7 heteroatoms. The monoisotopic (exact) mass is 289 g/mol. The highest BCUT2D eigenvalue weighted by atomic mass is 32.2. The van der Waals surface area contributed by atoms with Crippen LogP contribution in [0.5, 0.6) is 0 Å². The molecule has 0 radical (unpaired) electrons. The number of nitrogens with zero attached hydrogens (tertiary/aromatic N) is 2. The maximum Gasteiger partial charge on any atom is 0.433 e. The van der Waals surface area contributed by atoms with Crippen molar-refractivity contribution in [1.29, 1.82) is 0 Å². The van der Waals surface area contributed by atoms with Gasteiger partial charge in [-0.05, 0) is 18.6 Å². The van der Waals surface area contributed by atoms with E-state index in [9.17, 15) is 13.2 Å². The Kier molecular flexibility index (Phi) is 3.42. The Morgan fingerprint density at radius 1 is 1.16 bits per heavy atom. The smallest absolute Gasteiger partial charge is 0.307 e. The minimum atomic E-state index is -4.40. The van der Waals surface area contributed by atoms with Crippen molar-refractivity contribution in [2.45, 2.75) is 43.8 Å². The minimum Gasteiger partial charge on any atom is -0.307 e. The summed E-state index contributed by atoms with van der Waals surface area (Å²) in [5.41, 5.74) is -0.00997. The summed E-state index contributed by atoms with van der Waals surface area (Å²) in [6, 6.07) is 0. The molecule has 3 rings (SSSR count). The van der Waals surface area contributed by atoms with E-state index in [-0.39, 0.29) is 17.4 Å². The Morgan fingerprint density at radius 2 is 2.00 bits per heavy atom. The van der Waals surface area contributed by atoms with Gasteiger partial charge < -0.3 is 5.32 Å². The average molecular weight is 289 g/mol. The van der Waals surface area contributed by atoms with Crippen molar-refractivity contribution in [2.75, 3.05) is 5.75 Å². The highest BCUT2D eigenvalue weighted by Crippen LogP contribution is 2.39. The summed E-state index contributed by atoms with van der Waals surface area (Å²) in [6.45, 7) is 0.619. The van der Waals surface area contributed by atoms with E-state index in [1.165, 1.54) is 0 Å². The number of thioether (sulfide) groups is 1. The molecule has 3 nitrogen and oxygen atoms in total. The van der Waals surface area contributed by atoms with E-state index >= 15 is 0 Å². The lowest BCUT2D eigenvalue weighted by Gasteiger charge is -2.21.